The van der Waals surface area contributed by atoms with Crippen molar-refractivity contribution in [2.45, 2.75) is 65.4 Å². The molecule has 1 aliphatic heterocycles. The summed E-state index contributed by atoms with van der Waals surface area (Å²) in [4.78, 5) is 25.2. The number of ether oxygens (including phenoxy) is 2. The van der Waals surface area contributed by atoms with Gasteiger partial charge in [-0.2, -0.15) is 0 Å². The summed E-state index contributed by atoms with van der Waals surface area (Å²) in [6, 6.07) is 13.6. The quantitative estimate of drug-likeness (QED) is 0.220. The van der Waals surface area contributed by atoms with Crippen LogP contribution in [0.1, 0.15) is 62.5 Å². The van der Waals surface area contributed by atoms with Crippen LogP contribution >= 0.6 is 11.8 Å². The number of benzene rings is 2. The molecular formula is C29H43NO5S2. The lowest BCUT2D eigenvalue weighted by molar-refractivity contribution is -0.158. The zero-order chi connectivity index (χ0) is 28.2. The number of thioether (sulfide) groups is 1. The van der Waals surface area contributed by atoms with E-state index in [1.807, 2.05) is 80.7 Å². The third-order valence-electron chi connectivity index (χ3n) is 5.79. The van der Waals surface area contributed by atoms with Crippen LogP contribution in [-0.4, -0.2) is 58.1 Å². The molecule has 1 fully saturated rings. The van der Waals surface area contributed by atoms with Gasteiger partial charge in [0.25, 0.3) is 0 Å². The minimum absolute atomic E-state index is 0.00553. The Kier molecular flexibility index (Phi) is 14.2. The second-order valence-corrected chi connectivity index (χ2v) is 11.2. The van der Waals surface area contributed by atoms with Crippen molar-refractivity contribution >= 4 is 34.5 Å². The van der Waals surface area contributed by atoms with Gasteiger partial charge in [0.1, 0.15) is 5.75 Å². The summed E-state index contributed by atoms with van der Waals surface area (Å²) in [5, 5.41) is 0. The van der Waals surface area contributed by atoms with Crippen LogP contribution in [-0.2, 0) is 20.5 Å². The first-order chi connectivity index (χ1) is 17.5. The molecule has 6 nitrogen and oxygen atoms in total. The lowest BCUT2D eigenvalue weighted by Crippen LogP contribution is -2.40. The van der Waals surface area contributed by atoms with Gasteiger partial charge >= 0.3 is 5.97 Å². The van der Waals surface area contributed by atoms with Crippen LogP contribution in [0.5, 0.6) is 5.75 Å². The fourth-order valence-corrected chi connectivity index (χ4v) is 4.89. The van der Waals surface area contributed by atoms with Gasteiger partial charge in [-0.05, 0) is 70.6 Å². The third kappa shape index (κ3) is 9.91. The van der Waals surface area contributed by atoms with E-state index < -0.39 is 16.6 Å². The summed E-state index contributed by atoms with van der Waals surface area (Å²) < 4.78 is 24.0. The maximum atomic E-state index is 12.3. The largest absolute Gasteiger partial charge is 0.476 e. The van der Waals surface area contributed by atoms with Gasteiger partial charge in [0.15, 0.2) is 11.4 Å². The van der Waals surface area contributed by atoms with Gasteiger partial charge in [-0.3, -0.25) is 4.79 Å². The Morgan fingerprint density at radius 1 is 1.08 bits per heavy atom. The highest BCUT2D eigenvalue weighted by Crippen LogP contribution is 2.27. The zero-order valence-corrected chi connectivity index (χ0v) is 25.4. The van der Waals surface area contributed by atoms with E-state index in [-0.39, 0.29) is 17.7 Å². The van der Waals surface area contributed by atoms with Crippen LogP contribution in [0.4, 0.5) is 0 Å². The Balaban J connectivity index is 0.000000348. The number of ketones is 1. The molecule has 2 aromatic rings. The molecule has 8 heteroatoms. The molecule has 0 amide bonds. The fraction of sp³-hybridized carbons (Fsp3) is 0.517. The number of Topliss-reactive ketones (excluding diaryl/α,β-unsaturated/α-hetero) is 1. The van der Waals surface area contributed by atoms with Crippen LogP contribution < -0.4 is 4.74 Å². The molecule has 3 rings (SSSR count). The molecule has 2 unspecified atom stereocenters. The number of carbonyl (C=O) groups is 2. The Morgan fingerprint density at radius 2 is 1.65 bits per heavy atom. The topological polar surface area (TPSA) is 72.9 Å². The summed E-state index contributed by atoms with van der Waals surface area (Å²) in [7, 11) is -0.962. The Bertz CT molecular complexity index is 1020. The molecular weight excluding hydrogens is 506 g/mol. The standard InChI is InChI=1S/C14H20O3.C13H17NO2S2.C2H6/c1-6-16-13(15)14(4,5)17-12-10(2)8-7-9-11(12)3;1-17-12-5-3-10(4-6-12)13(15)11-7-8-14(9-11)18(2)16;1-2/h7-9H,6H2,1-5H3;3-6,11H,7-9H2,1-2H3;1-2H3. The highest BCUT2D eigenvalue weighted by atomic mass is 32.2. The molecule has 1 saturated heterocycles. The van der Waals surface area contributed by atoms with Gasteiger partial charge in [0.05, 0.1) is 17.6 Å². The van der Waals surface area contributed by atoms with Gasteiger partial charge in [-0.1, -0.05) is 44.2 Å². The normalized spacial score (nSPS) is 16.0. The average Bonchev–Trinajstić information content (AvgIpc) is 3.39. The van der Waals surface area contributed by atoms with Crippen molar-refractivity contribution in [3.63, 3.8) is 0 Å². The number of hydrogen-bond acceptors (Lipinski definition) is 6. The second kappa shape index (κ2) is 15.9. The summed E-state index contributed by atoms with van der Waals surface area (Å²) in [5.41, 5.74) is 1.83. The maximum absolute atomic E-state index is 12.3. The van der Waals surface area contributed by atoms with Crippen molar-refractivity contribution in [3.05, 3.63) is 59.2 Å². The van der Waals surface area contributed by atoms with E-state index in [0.29, 0.717) is 13.2 Å². The van der Waals surface area contributed by atoms with Crippen molar-refractivity contribution in [3.8, 4) is 5.75 Å². The van der Waals surface area contributed by atoms with Gasteiger partial charge in [0, 0.05) is 35.7 Å². The van der Waals surface area contributed by atoms with E-state index in [1.54, 1.807) is 38.8 Å². The van der Waals surface area contributed by atoms with Crippen LogP contribution in [0, 0.1) is 19.8 Å². The van der Waals surface area contributed by atoms with E-state index in [2.05, 4.69) is 0 Å². The molecule has 0 aromatic heterocycles. The zero-order valence-electron chi connectivity index (χ0n) is 23.8. The smallest absolute Gasteiger partial charge is 0.349 e. The number of nitrogens with zero attached hydrogens (tertiary/aromatic N) is 1. The predicted molar refractivity (Wildman–Crippen MR) is 155 cm³/mol. The van der Waals surface area contributed by atoms with Crippen molar-refractivity contribution < 1.29 is 23.3 Å². The Hall–Kier alpha value is -2.16. The summed E-state index contributed by atoms with van der Waals surface area (Å²) in [5.74, 6) is 0.581. The highest BCUT2D eigenvalue weighted by Gasteiger charge is 2.32. The number of aryl methyl sites for hydroxylation is 2. The van der Waals surface area contributed by atoms with Crippen LogP contribution in [0.25, 0.3) is 0 Å². The van der Waals surface area contributed by atoms with Crippen molar-refractivity contribution in [2.24, 2.45) is 5.92 Å². The molecule has 206 valence electrons. The molecule has 0 spiro atoms. The summed E-state index contributed by atoms with van der Waals surface area (Å²) >= 11 is 1.67. The Morgan fingerprint density at radius 3 is 2.11 bits per heavy atom. The molecule has 1 aliphatic rings. The summed E-state index contributed by atoms with van der Waals surface area (Å²) in [6.07, 6.45) is 4.49. The van der Waals surface area contributed by atoms with E-state index in [1.165, 1.54) is 0 Å². The predicted octanol–water partition coefficient (Wildman–Crippen LogP) is 6.26. The van der Waals surface area contributed by atoms with E-state index >= 15 is 0 Å². The number of hydrogen-bond donors (Lipinski definition) is 0. The Labute approximate surface area is 230 Å². The molecule has 1 heterocycles. The molecule has 37 heavy (non-hydrogen) atoms. The monoisotopic (exact) mass is 549 g/mol. The number of carbonyl (C=O) groups excluding carboxylic acids is 2. The summed E-state index contributed by atoms with van der Waals surface area (Å²) in [6.45, 7) is 14.9. The molecule has 0 saturated carbocycles. The molecule has 0 radical (unpaired) electrons. The lowest BCUT2D eigenvalue weighted by Gasteiger charge is -2.26. The fourth-order valence-electron chi connectivity index (χ4n) is 3.73. The number of para-hydroxylation sites is 1. The van der Waals surface area contributed by atoms with Gasteiger partial charge in [0.2, 0.25) is 0 Å². The van der Waals surface area contributed by atoms with E-state index in [0.717, 1.165) is 40.3 Å². The first-order valence-corrected chi connectivity index (χ1v) is 15.4. The van der Waals surface area contributed by atoms with Crippen molar-refractivity contribution in [1.29, 1.82) is 0 Å². The minimum atomic E-state index is -0.965. The first kappa shape index (κ1) is 32.9. The lowest BCUT2D eigenvalue weighted by atomic mass is 9.97. The van der Waals surface area contributed by atoms with Gasteiger partial charge in [-0.15, -0.1) is 11.8 Å². The SMILES string of the molecule is CC.CCOC(=O)C(C)(C)Oc1c(C)cccc1C.CSc1ccc(C(=O)C2CCN(S(C)=O)C2)cc1. The van der Waals surface area contributed by atoms with E-state index in [9.17, 15) is 13.8 Å². The van der Waals surface area contributed by atoms with E-state index in [4.69, 9.17) is 9.47 Å². The van der Waals surface area contributed by atoms with Crippen LogP contribution in [0.15, 0.2) is 47.4 Å². The van der Waals surface area contributed by atoms with Crippen LogP contribution in [0.3, 0.4) is 0 Å². The third-order valence-corrected chi connectivity index (χ3v) is 7.60. The van der Waals surface area contributed by atoms with Gasteiger partial charge in [-0.25, -0.2) is 13.3 Å². The molecule has 2 atom stereocenters. The molecule has 0 N–H and O–H groups in total. The van der Waals surface area contributed by atoms with Crippen LogP contribution in [0.2, 0.25) is 0 Å². The maximum Gasteiger partial charge on any atom is 0.349 e. The number of rotatable bonds is 8. The van der Waals surface area contributed by atoms with Crippen molar-refractivity contribution in [1.82, 2.24) is 4.31 Å². The first-order valence-electron chi connectivity index (χ1n) is 12.7. The molecule has 2 aromatic carbocycles. The highest BCUT2D eigenvalue weighted by molar-refractivity contribution is 7.98. The minimum Gasteiger partial charge on any atom is -0.476 e. The molecule has 0 bridgehead atoms. The molecule has 0 aliphatic carbocycles. The average molecular weight is 550 g/mol. The van der Waals surface area contributed by atoms with Crippen molar-refractivity contribution in [2.75, 3.05) is 32.2 Å². The number of esters is 1. The second-order valence-electron chi connectivity index (χ2n) is 8.94. The van der Waals surface area contributed by atoms with Gasteiger partial charge < -0.3 is 9.47 Å².